The van der Waals surface area contributed by atoms with E-state index in [0.717, 1.165) is 50.1 Å². The van der Waals surface area contributed by atoms with E-state index >= 15 is 0 Å². The Balaban J connectivity index is 1.24. The molecule has 1 saturated heterocycles. The van der Waals surface area contributed by atoms with Gasteiger partial charge in [0.15, 0.2) is 0 Å². The Morgan fingerprint density at radius 2 is 1.57 bits per heavy atom. The lowest BCUT2D eigenvalue weighted by Gasteiger charge is -2.15. The molecule has 7 heteroatoms. The van der Waals surface area contributed by atoms with Gasteiger partial charge in [-0.2, -0.15) is 0 Å². The predicted octanol–water partition coefficient (Wildman–Crippen LogP) is 6.91. The quantitative estimate of drug-likeness (QED) is 0.226. The van der Waals surface area contributed by atoms with Crippen LogP contribution < -0.4 is 5.32 Å². The second kappa shape index (κ2) is 10.9. The molecule has 2 heterocycles. The maximum Gasteiger partial charge on any atom is 0.293 e. The number of hydrogen-bond donors (Lipinski definition) is 1. The Morgan fingerprint density at radius 1 is 0.875 bits per heavy atom. The van der Waals surface area contributed by atoms with Crippen LogP contribution >= 0.6 is 11.8 Å². The summed E-state index contributed by atoms with van der Waals surface area (Å²) in [5.41, 5.74) is 3.63. The Hall–Kier alpha value is -4.62. The fourth-order valence-electron chi connectivity index (χ4n) is 5.17. The number of hydrogen-bond acceptors (Lipinski definition) is 4. The van der Waals surface area contributed by atoms with Crippen LogP contribution in [0.4, 0.5) is 4.79 Å². The molecule has 0 aliphatic carbocycles. The van der Waals surface area contributed by atoms with Gasteiger partial charge < -0.3 is 9.88 Å². The summed E-state index contributed by atoms with van der Waals surface area (Å²) in [4.78, 5) is 40.9. The van der Waals surface area contributed by atoms with Gasteiger partial charge in [-0.3, -0.25) is 19.3 Å². The Bertz CT molecular complexity index is 1790. The van der Waals surface area contributed by atoms with Crippen LogP contribution in [-0.2, 0) is 22.7 Å². The maximum absolute atomic E-state index is 13.4. The van der Waals surface area contributed by atoms with Crippen LogP contribution in [0.5, 0.6) is 0 Å². The number of carbonyl (C=O) groups is 3. The lowest BCUT2D eigenvalue weighted by Crippen LogP contribution is -2.29. The first-order chi connectivity index (χ1) is 19.5. The summed E-state index contributed by atoms with van der Waals surface area (Å²) in [7, 11) is 0. The van der Waals surface area contributed by atoms with Crippen molar-refractivity contribution in [2.45, 2.75) is 26.1 Å². The van der Waals surface area contributed by atoms with Crippen LogP contribution in [0, 0.1) is 0 Å². The van der Waals surface area contributed by atoms with Crippen LogP contribution in [0.1, 0.15) is 29.7 Å². The number of amides is 3. The lowest BCUT2D eigenvalue weighted by atomic mass is 10.0. The molecule has 1 fully saturated rings. The van der Waals surface area contributed by atoms with Gasteiger partial charge in [-0.25, -0.2) is 0 Å². The number of carbonyl (C=O) groups excluding carboxylic acids is 3. The number of thioether (sulfide) groups is 1. The highest BCUT2D eigenvalue weighted by molar-refractivity contribution is 8.18. The minimum atomic E-state index is -0.311. The number of rotatable bonds is 7. The van der Waals surface area contributed by atoms with Crippen molar-refractivity contribution in [3.63, 3.8) is 0 Å². The van der Waals surface area contributed by atoms with Gasteiger partial charge >= 0.3 is 0 Å². The molecule has 3 amide bonds. The van der Waals surface area contributed by atoms with Crippen molar-refractivity contribution in [1.82, 2.24) is 14.8 Å². The summed E-state index contributed by atoms with van der Waals surface area (Å²) in [5.74, 6) is -0.423. The van der Waals surface area contributed by atoms with E-state index in [1.54, 1.807) is 6.08 Å². The van der Waals surface area contributed by atoms with Gasteiger partial charge in [0.2, 0.25) is 5.91 Å². The summed E-state index contributed by atoms with van der Waals surface area (Å²) in [6.45, 7) is 2.31. The van der Waals surface area contributed by atoms with Gasteiger partial charge in [-0.1, -0.05) is 91.0 Å². The second-order valence-corrected chi connectivity index (χ2v) is 10.8. The number of nitrogens with one attached hydrogen (secondary N) is 1. The van der Waals surface area contributed by atoms with E-state index in [1.807, 2.05) is 115 Å². The largest absolute Gasteiger partial charge is 0.348 e. The van der Waals surface area contributed by atoms with E-state index in [9.17, 15) is 14.4 Å². The highest BCUT2D eigenvalue weighted by Gasteiger charge is 2.35. The van der Waals surface area contributed by atoms with E-state index in [0.29, 0.717) is 4.91 Å². The summed E-state index contributed by atoms with van der Waals surface area (Å²) in [6, 6.07) is 31.3. The molecule has 4 aromatic carbocycles. The smallest absolute Gasteiger partial charge is 0.293 e. The summed E-state index contributed by atoms with van der Waals surface area (Å²) in [6.07, 6.45) is 3.63. The fourth-order valence-corrected chi connectivity index (χ4v) is 6.00. The summed E-state index contributed by atoms with van der Waals surface area (Å²) >= 11 is 0.949. The number of para-hydroxylation sites is 1. The van der Waals surface area contributed by atoms with Gasteiger partial charge in [0.1, 0.15) is 6.54 Å². The third kappa shape index (κ3) is 5.03. The van der Waals surface area contributed by atoms with E-state index in [2.05, 4.69) is 5.32 Å². The van der Waals surface area contributed by atoms with Crippen LogP contribution in [0.25, 0.3) is 27.8 Å². The zero-order valence-electron chi connectivity index (χ0n) is 21.9. The number of aromatic nitrogens is 1. The van der Waals surface area contributed by atoms with Crippen molar-refractivity contribution in [3.05, 3.63) is 125 Å². The van der Waals surface area contributed by atoms with Gasteiger partial charge in [0.25, 0.3) is 11.1 Å². The molecule has 0 radical (unpaired) electrons. The molecule has 0 spiro atoms. The molecule has 1 aliphatic rings. The minimum Gasteiger partial charge on any atom is -0.348 e. The molecule has 1 aromatic heterocycles. The Kier molecular flexibility index (Phi) is 6.97. The molecule has 1 aliphatic heterocycles. The average Bonchev–Trinajstić information content (AvgIpc) is 3.45. The molecule has 1 atom stereocenters. The highest BCUT2D eigenvalue weighted by Crippen LogP contribution is 2.35. The molecule has 0 bridgehead atoms. The topological polar surface area (TPSA) is 71.4 Å². The van der Waals surface area contributed by atoms with Gasteiger partial charge in [0.05, 0.1) is 17.5 Å². The first-order valence-corrected chi connectivity index (χ1v) is 13.9. The molecule has 198 valence electrons. The van der Waals surface area contributed by atoms with Gasteiger partial charge in [-0.05, 0) is 52.7 Å². The van der Waals surface area contributed by atoms with Crippen molar-refractivity contribution >= 4 is 56.6 Å². The maximum atomic E-state index is 13.4. The molecule has 40 heavy (non-hydrogen) atoms. The van der Waals surface area contributed by atoms with Crippen molar-refractivity contribution in [3.8, 4) is 0 Å². The molecule has 6 nitrogen and oxygen atoms in total. The Morgan fingerprint density at radius 3 is 2.40 bits per heavy atom. The minimum absolute atomic E-state index is 0.112. The standard InChI is InChI=1S/C33H27N3O3S/c1-22(23-10-3-2-4-11-23)34-31(37)21-35-19-26(28-16-7-8-17-29(28)35)18-30-32(38)36(33(39)40-30)20-25-14-9-13-24-12-5-6-15-27(24)25/h2-19,22H,20-21H2,1H3,(H,34,37)/b30-18-. The summed E-state index contributed by atoms with van der Waals surface area (Å²) < 4.78 is 1.88. The third-order valence-electron chi connectivity index (χ3n) is 7.18. The van der Waals surface area contributed by atoms with Crippen molar-refractivity contribution in [2.75, 3.05) is 0 Å². The number of imide groups is 1. The molecule has 6 rings (SSSR count). The molecular formula is C33H27N3O3S. The molecule has 0 saturated carbocycles. The first-order valence-electron chi connectivity index (χ1n) is 13.1. The van der Waals surface area contributed by atoms with Crippen LogP contribution in [-0.4, -0.2) is 26.5 Å². The normalized spacial score (nSPS) is 15.3. The monoisotopic (exact) mass is 545 g/mol. The van der Waals surface area contributed by atoms with E-state index in [-0.39, 0.29) is 36.2 Å². The van der Waals surface area contributed by atoms with Gasteiger partial charge in [0, 0.05) is 22.7 Å². The zero-order chi connectivity index (χ0) is 27.6. The number of nitrogens with zero attached hydrogens (tertiary/aromatic N) is 2. The van der Waals surface area contributed by atoms with Crippen molar-refractivity contribution in [2.24, 2.45) is 0 Å². The number of benzene rings is 4. The van der Waals surface area contributed by atoms with Crippen LogP contribution in [0.3, 0.4) is 0 Å². The van der Waals surface area contributed by atoms with Crippen molar-refractivity contribution < 1.29 is 14.4 Å². The van der Waals surface area contributed by atoms with Crippen molar-refractivity contribution in [1.29, 1.82) is 0 Å². The predicted molar refractivity (Wildman–Crippen MR) is 160 cm³/mol. The van der Waals surface area contributed by atoms with E-state index in [1.165, 1.54) is 4.90 Å². The highest BCUT2D eigenvalue weighted by atomic mass is 32.2. The number of fused-ring (bicyclic) bond motifs is 2. The Labute approximate surface area is 236 Å². The van der Waals surface area contributed by atoms with Crippen LogP contribution in [0.2, 0.25) is 0 Å². The second-order valence-electron chi connectivity index (χ2n) is 9.84. The molecular weight excluding hydrogens is 518 g/mol. The first kappa shape index (κ1) is 25.6. The third-order valence-corrected chi connectivity index (χ3v) is 8.09. The van der Waals surface area contributed by atoms with E-state index < -0.39 is 0 Å². The van der Waals surface area contributed by atoms with Gasteiger partial charge in [-0.15, -0.1) is 0 Å². The molecule has 1 N–H and O–H groups in total. The SMILES string of the molecule is CC(NC(=O)Cn1cc(/C=C2\SC(=O)N(Cc3cccc4ccccc34)C2=O)c2ccccc21)c1ccccc1. The van der Waals surface area contributed by atoms with Crippen LogP contribution in [0.15, 0.2) is 108 Å². The van der Waals surface area contributed by atoms with E-state index in [4.69, 9.17) is 0 Å². The molecule has 1 unspecified atom stereocenters. The average molecular weight is 546 g/mol. The molecule has 5 aromatic rings. The lowest BCUT2D eigenvalue weighted by molar-refractivity contribution is -0.123. The summed E-state index contributed by atoms with van der Waals surface area (Å²) in [5, 5.41) is 5.77. The fraction of sp³-hybridized carbons (Fsp3) is 0.121. The zero-order valence-corrected chi connectivity index (χ0v) is 22.7.